The average molecular weight is 368 g/mol. The zero-order valence-corrected chi connectivity index (χ0v) is 15.0. The van der Waals surface area contributed by atoms with E-state index in [1.54, 1.807) is 36.4 Å². The van der Waals surface area contributed by atoms with Crippen LogP contribution >= 0.6 is 0 Å². The Hall–Kier alpha value is -3.40. The minimum Gasteiger partial charge on any atom is -0.334 e. The molecule has 6 nitrogen and oxygen atoms in total. The number of halogens is 1. The molecular weight excluding hydrogens is 347 g/mol. The van der Waals surface area contributed by atoms with Gasteiger partial charge in [-0.3, -0.25) is 4.79 Å². The number of rotatable bonds is 7. The number of hydrogen-bond acceptors (Lipinski definition) is 3. The summed E-state index contributed by atoms with van der Waals surface area (Å²) < 4.78 is 12.9. The highest BCUT2D eigenvalue weighted by atomic mass is 19.1. The highest BCUT2D eigenvalue weighted by Crippen LogP contribution is 2.11. The summed E-state index contributed by atoms with van der Waals surface area (Å²) in [5.41, 5.74) is 1.68. The van der Waals surface area contributed by atoms with Crippen LogP contribution in [-0.4, -0.2) is 18.0 Å². The van der Waals surface area contributed by atoms with Gasteiger partial charge in [0.15, 0.2) is 0 Å². The molecule has 0 aliphatic heterocycles. The number of carbonyl (C=O) groups is 2. The molecule has 3 N–H and O–H groups in total. The molecule has 0 radical (unpaired) electrons. The van der Waals surface area contributed by atoms with Gasteiger partial charge in [0.1, 0.15) is 11.9 Å². The molecule has 0 spiro atoms. The van der Waals surface area contributed by atoms with E-state index in [0.717, 1.165) is 5.56 Å². The topological polar surface area (TPSA) is 94.0 Å². The molecule has 1 unspecified atom stereocenters. The maximum Gasteiger partial charge on any atom is 0.315 e. The zero-order chi connectivity index (χ0) is 19.6. The number of nitrogens with zero attached hydrogens (tertiary/aromatic N) is 1. The summed E-state index contributed by atoms with van der Waals surface area (Å²) >= 11 is 0. The van der Waals surface area contributed by atoms with Crippen molar-refractivity contribution in [2.75, 3.05) is 5.32 Å². The fourth-order valence-corrected chi connectivity index (χ4v) is 2.45. The van der Waals surface area contributed by atoms with E-state index >= 15 is 0 Å². The average Bonchev–Trinajstić information content (AvgIpc) is 2.67. The Balaban J connectivity index is 1.92. The number of nitrogens with one attached hydrogen (secondary N) is 3. The number of amides is 3. The van der Waals surface area contributed by atoms with Crippen LogP contribution in [0.2, 0.25) is 0 Å². The van der Waals surface area contributed by atoms with E-state index in [1.807, 2.05) is 13.0 Å². The standard InChI is InChI=1S/C20H21FN4O2/c1-2-4-18(19(26)24-17-6-3-5-15(11-17)12-22)25-20(27)23-13-14-7-9-16(21)10-8-14/h3,5-11,18H,2,4,13H2,1H3,(H,24,26)(H2,23,25,27). The summed E-state index contributed by atoms with van der Waals surface area (Å²) in [6, 6.07) is 13.1. The van der Waals surface area contributed by atoms with E-state index in [4.69, 9.17) is 5.26 Å². The summed E-state index contributed by atoms with van der Waals surface area (Å²) in [4.78, 5) is 24.6. The second kappa shape index (κ2) is 9.92. The SMILES string of the molecule is CCCC(NC(=O)NCc1ccc(F)cc1)C(=O)Nc1cccc(C#N)c1. The van der Waals surface area contributed by atoms with Gasteiger partial charge in [-0.2, -0.15) is 5.26 Å². The van der Waals surface area contributed by atoms with Crippen LogP contribution in [0, 0.1) is 17.1 Å². The highest BCUT2D eigenvalue weighted by molar-refractivity contribution is 5.97. The predicted molar refractivity (Wildman–Crippen MR) is 100 cm³/mol. The summed E-state index contributed by atoms with van der Waals surface area (Å²) in [7, 11) is 0. The summed E-state index contributed by atoms with van der Waals surface area (Å²) in [5.74, 6) is -0.702. The van der Waals surface area contributed by atoms with E-state index < -0.39 is 12.1 Å². The van der Waals surface area contributed by atoms with Crippen molar-refractivity contribution in [3.8, 4) is 6.07 Å². The molecule has 140 valence electrons. The molecule has 0 saturated heterocycles. The molecule has 0 heterocycles. The van der Waals surface area contributed by atoms with Crippen molar-refractivity contribution in [2.45, 2.75) is 32.4 Å². The van der Waals surface area contributed by atoms with Gasteiger partial charge in [-0.1, -0.05) is 31.5 Å². The predicted octanol–water partition coefficient (Wildman–Crippen LogP) is 3.30. The van der Waals surface area contributed by atoms with Crippen LogP contribution in [0.15, 0.2) is 48.5 Å². The van der Waals surface area contributed by atoms with Crippen LogP contribution < -0.4 is 16.0 Å². The van der Waals surface area contributed by atoms with Gasteiger partial charge in [0, 0.05) is 12.2 Å². The van der Waals surface area contributed by atoms with Gasteiger partial charge in [-0.25, -0.2) is 9.18 Å². The fraction of sp³-hybridized carbons (Fsp3) is 0.250. The molecule has 0 aliphatic rings. The number of nitriles is 1. The van der Waals surface area contributed by atoms with Crippen LogP contribution in [0.4, 0.5) is 14.9 Å². The molecule has 2 aromatic rings. The normalized spacial score (nSPS) is 11.1. The van der Waals surface area contributed by atoms with Crippen molar-refractivity contribution >= 4 is 17.6 Å². The first kappa shape index (κ1) is 19.9. The fourth-order valence-electron chi connectivity index (χ4n) is 2.45. The van der Waals surface area contributed by atoms with Gasteiger partial charge < -0.3 is 16.0 Å². The Morgan fingerprint density at radius 2 is 1.93 bits per heavy atom. The monoisotopic (exact) mass is 368 g/mol. The van der Waals surface area contributed by atoms with E-state index in [0.29, 0.717) is 24.1 Å². The van der Waals surface area contributed by atoms with Crippen molar-refractivity contribution in [3.05, 3.63) is 65.5 Å². The van der Waals surface area contributed by atoms with Crippen molar-refractivity contribution < 1.29 is 14.0 Å². The lowest BCUT2D eigenvalue weighted by Crippen LogP contribution is -2.47. The molecule has 0 aromatic heterocycles. The third kappa shape index (κ3) is 6.44. The number of urea groups is 1. The Morgan fingerprint density at radius 3 is 2.59 bits per heavy atom. The van der Waals surface area contributed by atoms with Crippen LogP contribution in [-0.2, 0) is 11.3 Å². The van der Waals surface area contributed by atoms with E-state index in [2.05, 4.69) is 16.0 Å². The molecule has 2 aromatic carbocycles. The van der Waals surface area contributed by atoms with Gasteiger partial charge in [0.05, 0.1) is 11.6 Å². The Labute approximate surface area is 157 Å². The van der Waals surface area contributed by atoms with Crippen molar-refractivity contribution in [1.29, 1.82) is 5.26 Å². The van der Waals surface area contributed by atoms with Crippen LogP contribution in [0.5, 0.6) is 0 Å². The van der Waals surface area contributed by atoms with Crippen LogP contribution in [0.3, 0.4) is 0 Å². The van der Waals surface area contributed by atoms with Crippen LogP contribution in [0.1, 0.15) is 30.9 Å². The summed E-state index contributed by atoms with van der Waals surface area (Å²) in [6.45, 7) is 2.13. The Bertz CT molecular complexity index is 831. The highest BCUT2D eigenvalue weighted by Gasteiger charge is 2.20. The van der Waals surface area contributed by atoms with E-state index in [9.17, 15) is 14.0 Å². The van der Waals surface area contributed by atoms with Gasteiger partial charge >= 0.3 is 6.03 Å². The van der Waals surface area contributed by atoms with Crippen molar-refractivity contribution in [2.24, 2.45) is 0 Å². The molecule has 7 heteroatoms. The molecule has 0 saturated carbocycles. The lowest BCUT2D eigenvalue weighted by molar-refractivity contribution is -0.118. The molecule has 3 amide bonds. The molecule has 0 aliphatic carbocycles. The minimum atomic E-state index is -0.714. The summed E-state index contributed by atoms with van der Waals surface area (Å²) in [6.07, 6.45) is 1.17. The quantitative estimate of drug-likeness (QED) is 0.700. The first-order chi connectivity index (χ1) is 13.0. The Morgan fingerprint density at radius 1 is 1.19 bits per heavy atom. The first-order valence-electron chi connectivity index (χ1n) is 8.61. The molecule has 1 atom stereocenters. The van der Waals surface area contributed by atoms with Crippen LogP contribution in [0.25, 0.3) is 0 Å². The third-order valence-electron chi connectivity index (χ3n) is 3.82. The van der Waals surface area contributed by atoms with E-state index in [1.165, 1.54) is 12.1 Å². The van der Waals surface area contributed by atoms with E-state index in [-0.39, 0.29) is 18.3 Å². The number of carbonyl (C=O) groups excluding carboxylic acids is 2. The minimum absolute atomic E-state index is 0.219. The number of anilines is 1. The first-order valence-corrected chi connectivity index (χ1v) is 8.61. The molecule has 0 fully saturated rings. The van der Waals surface area contributed by atoms with Gasteiger partial charge in [0.2, 0.25) is 5.91 Å². The van der Waals surface area contributed by atoms with Gasteiger partial charge in [-0.05, 0) is 42.3 Å². The maximum atomic E-state index is 12.9. The van der Waals surface area contributed by atoms with Gasteiger partial charge in [0.25, 0.3) is 0 Å². The molecular formula is C20H21FN4O2. The smallest absolute Gasteiger partial charge is 0.315 e. The molecule has 0 bridgehead atoms. The molecule has 2 rings (SSSR count). The second-order valence-corrected chi connectivity index (χ2v) is 5.98. The zero-order valence-electron chi connectivity index (χ0n) is 15.0. The summed E-state index contributed by atoms with van der Waals surface area (Å²) in [5, 5.41) is 16.9. The largest absolute Gasteiger partial charge is 0.334 e. The van der Waals surface area contributed by atoms with Crippen molar-refractivity contribution in [1.82, 2.24) is 10.6 Å². The Kier molecular flexibility index (Phi) is 7.32. The second-order valence-electron chi connectivity index (χ2n) is 5.98. The third-order valence-corrected chi connectivity index (χ3v) is 3.82. The van der Waals surface area contributed by atoms with Crippen molar-refractivity contribution in [3.63, 3.8) is 0 Å². The maximum absolute atomic E-state index is 12.9. The lowest BCUT2D eigenvalue weighted by atomic mass is 10.1. The molecule has 27 heavy (non-hydrogen) atoms. The lowest BCUT2D eigenvalue weighted by Gasteiger charge is -2.18. The number of hydrogen-bond donors (Lipinski definition) is 3. The number of benzene rings is 2. The van der Waals surface area contributed by atoms with Gasteiger partial charge in [-0.15, -0.1) is 0 Å².